The van der Waals surface area contributed by atoms with E-state index in [9.17, 15) is 22.8 Å². The van der Waals surface area contributed by atoms with Gasteiger partial charge in [0.05, 0.1) is 6.04 Å². The van der Waals surface area contributed by atoms with E-state index in [0.29, 0.717) is 12.1 Å². The smallest absolute Gasteiger partial charge is 0.355 e. The molecule has 1 unspecified atom stereocenters. The summed E-state index contributed by atoms with van der Waals surface area (Å²) in [6, 6.07) is 5.57. The number of nitrogens with one attached hydrogen (secondary N) is 3. The van der Waals surface area contributed by atoms with Crippen LogP contribution in [0.5, 0.6) is 0 Å². The van der Waals surface area contributed by atoms with Gasteiger partial charge in [0.25, 0.3) is 0 Å². The van der Waals surface area contributed by atoms with Crippen molar-refractivity contribution in [2.75, 3.05) is 11.9 Å². The average Bonchev–Trinajstić information content (AvgIpc) is 2.49. The van der Waals surface area contributed by atoms with Gasteiger partial charge in [0.2, 0.25) is 5.91 Å². The van der Waals surface area contributed by atoms with E-state index in [0.717, 1.165) is 6.42 Å². The van der Waals surface area contributed by atoms with Gasteiger partial charge < -0.3 is 16.0 Å². The van der Waals surface area contributed by atoms with E-state index in [-0.39, 0.29) is 18.1 Å². The lowest BCUT2D eigenvalue weighted by Crippen LogP contribution is -2.42. The van der Waals surface area contributed by atoms with Crippen LogP contribution in [0, 0.1) is 0 Å². The molecule has 0 bridgehead atoms. The van der Waals surface area contributed by atoms with Gasteiger partial charge in [0, 0.05) is 18.8 Å². The summed E-state index contributed by atoms with van der Waals surface area (Å²) in [4.78, 5) is 22.6. The van der Waals surface area contributed by atoms with Crippen molar-refractivity contribution in [3.05, 3.63) is 29.8 Å². The molecule has 0 aliphatic heterocycles. The number of benzene rings is 1. The quantitative estimate of drug-likeness (QED) is 0.717. The Morgan fingerprint density at radius 1 is 1.26 bits per heavy atom. The third kappa shape index (κ3) is 6.68. The number of carbonyl (C=O) groups excluding carboxylic acids is 2. The van der Waals surface area contributed by atoms with Gasteiger partial charge in [-0.3, -0.25) is 9.59 Å². The lowest BCUT2D eigenvalue weighted by atomic mass is 10.2. The first-order valence-electron chi connectivity index (χ1n) is 7.22. The van der Waals surface area contributed by atoms with Gasteiger partial charge in [0.15, 0.2) is 0 Å². The van der Waals surface area contributed by atoms with Gasteiger partial charge in [0.1, 0.15) is 0 Å². The predicted octanol–water partition coefficient (Wildman–Crippen LogP) is 2.19. The highest BCUT2D eigenvalue weighted by atomic mass is 19.4. The molecule has 3 N–H and O–H groups in total. The van der Waals surface area contributed by atoms with E-state index in [1.807, 2.05) is 6.92 Å². The molecule has 1 aromatic carbocycles. The fraction of sp³-hybridized carbons (Fsp3) is 0.467. The summed E-state index contributed by atoms with van der Waals surface area (Å²) in [6.45, 7) is 4.51. The van der Waals surface area contributed by atoms with E-state index in [1.165, 1.54) is 18.2 Å². The van der Waals surface area contributed by atoms with Crippen molar-refractivity contribution in [3.63, 3.8) is 0 Å². The molecule has 1 atom stereocenters. The summed E-state index contributed by atoms with van der Waals surface area (Å²) >= 11 is 0. The van der Waals surface area contributed by atoms with Gasteiger partial charge in [-0.2, -0.15) is 13.2 Å². The standard InChI is InChI=1S/C15H20F3N3O2/c1-3-7-19-13(22)10(2)20-9-11-5-4-6-12(8-11)21-14(23)15(16,17)18/h4-6,8,10,20H,3,7,9H2,1-2H3,(H,19,22)(H,21,23). The van der Waals surface area contributed by atoms with Crippen LogP contribution in [0.4, 0.5) is 18.9 Å². The van der Waals surface area contributed by atoms with Crippen molar-refractivity contribution >= 4 is 17.5 Å². The van der Waals surface area contributed by atoms with Crippen LogP contribution in [-0.4, -0.2) is 30.6 Å². The minimum absolute atomic E-state index is 0.0507. The number of carbonyl (C=O) groups is 2. The average molecular weight is 331 g/mol. The van der Waals surface area contributed by atoms with E-state index in [4.69, 9.17) is 0 Å². The first-order valence-corrected chi connectivity index (χ1v) is 7.22. The highest BCUT2D eigenvalue weighted by molar-refractivity contribution is 5.94. The Balaban J connectivity index is 2.57. The van der Waals surface area contributed by atoms with Crippen LogP contribution in [0.1, 0.15) is 25.8 Å². The van der Waals surface area contributed by atoms with E-state index in [2.05, 4.69) is 10.6 Å². The summed E-state index contributed by atoms with van der Waals surface area (Å²) in [7, 11) is 0. The fourth-order valence-corrected chi connectivity index (χ4v) is 1.73. The second-order valence-electron chi connectivity index (χ2n) is 5.05. The SMILES string of the molecule is CCCNC(=O)C(C)NCc1cccc(NC(=O)C(F)(F)F)c1. The minimum Gasteiger partial charge on any atom is -0.355 e. The summed E-state index contributed by atoms with van der Waals surface area (Å²) in [5.41, 5.74) is 0.704. The highest BCUT2D eigenvalue weighted by Gasteiger charge is 2.38. The zero-order valence-corrected chi connectivity index (χ0v) is 13.0. The molecule has 5 nitrogen and oxygen atoms in total. The monoisotopic (exact) mass is 331 g/mol. The van der Waals surface area contributed by atoms with Crippen LogP contribution in [0.3, 0.4) is 0 Å². The number of alkyl halides is 3. The molecule has 0 heterocycles. The van der Waals surface area contributed by atoms with Crippen molar-refractivity contribution in [3.8, 4) is 0 Å². The lowest BCUT2D eigenvalue weighted by Gasteiger charge is -2.14. The van der Waals surface area contributed by atoms with Crippen molar-refractivity contribution in [2.24, 2.45) is 0 Å². The molecule has 0 aliphatic carbocycles. The molecule has 0 aliphatic rings. The van der Waals surface area contributed by atoms with Crippen LogP contribution in [0.25, 0.3) is 0 Å². The van der Waals surface area contributed by atoms with Crippen molar-refractivity contribution in [1.82, 2.24) is 10.6 Å². The molecule has 128 valence electrons. The van der Waals surface area contributed by atoms with Crippen LogP contribution < -0.4 is 16.0 Å². The summed E-state index contributed by atoms with van der Waals surface area (Å²) in [6.07, 6.45) is -4.10. The number of hydrogen-bond acceptors (Lipinski definition) is 3. The maximum Gasteiger partial charge on any atom is 0.471 e. The van der Waals surface area contributed by atoms with Crippen molar-refractivity contribution in [2.45, 2.75) is 39.0 Å². The number of amides is 2. The van der Waals surface area contributed by atoms with Crippen molar-refractivity contribution in [1.29, 1.82) is 0 Å². The molecule has 0 spiro atoms. The van der Waals surface area contributed by atoms with Gasteiger partial charge in [-0.25, -0.2) is 0 Å². The van der Waals surface area contributed by atoms with Crippen LogP contribution in [0.15, 0.2) is 24.3 Å². The second kappa shape index (κ2) is 8.52. The Kier molecular flexibility index (Phi) is 7.02. The van der Waals surface area contributed by atoms with E-state index < -0.39 is 18.1 Å². The summed E-state index contributed by atoms with van der Waals surface area (Å²) in [5, 5.41) is 7.50. The second-order valence-corrected chi connectivity index (χ2v) is 5.05. The number of rotatable bonds is 7. The van der Waals surface area contributed by atoms with E-state index >= 15 is 0 Å². The van der Waals surface area contributed by atoms with Crippen LogP contribution in [-0.2, 0) is 16.1 Å². The molecular formula is C15H20F3N3O2. The predicted molar refractivity (Wildman–Crippen MR) is 80.7 cm³/mol. The molecule has 2 amide bonds. The van der Waals surface area contributed by atoms with Gasteiger partial charge in [-0.1, -0.05) is 19.1 Å². The minimum atomic E-state index is -4.93. The van der Waals surface area contributed by atoms with Gasteiger partial charge >= 0.3 is 12.1 Å². The molecule has 0 aromatic heterocycles. The third-order valence-corrected chi connectivity index (χ3v) is 3.00. The van der Waals surface area contributed by atoms with Crippen LogP contribution in [0.2, 0.25) is 0 Å². The fourth-order valence-electron chi connectivity index (χ4n) is 1.73. The maximum absolute atomic E-state index is 12.2. The lowest BCUT2D eigenvalue weighted by molar-refractivity contribution is -0.167. The third-order valence-electron chi connectivity index (χ3n) is 3.00. The number of anilines is 1. The molecule has 0 radical (unpaired) electrons. The molecule has 1 rings (SSSR count). The van der Waals surface area contributed by atoms with Crippen molar-refractivity contribution < 1.29 is 22.8 Å². The van der Waals surface area contributed by atoms with Crippen LogP contribution >= 0.6 is 0 Å². The number of halogens is 3. The Labute approximate surface area is 132 Å². The normalized spacial score (nSPS) is 12.6. The molecule has 0 fully saturated rings. The topological polar surface area (TPSA) is 70.2 Å². The zero-order chi connectivity index (χ0) is 17.5. The highest BCUT2D eigenvalue weighted by Crippen LogP contribution is 2.18. The Morgan fingerprint density at radius 2 is 1.96 bits per heavy atom. The summed E-state index contributed by atoms with van der Waals surface area (Å²) in [5.74, 6) is -2.16. The molecule has 0 saturated heterocycles. The first-order chi connectivity index (χ1) is 10.7. The molecule has 8 heteroatoms. The largest absolute Gasteiger partial charge is 0.471 e. The molecule has 1 aromatic rings. The summed E-state index contributed by atoms with van der Waals surface area (Å²) < 4.78 is 36.6. The Morgan fingerprint density at radius 3 is 2.57 bits per heavy atom. The molecular weight excluding hydrogens is 311 g/mol. The molecule has 23 heavy (non-hydrogen) atoms. The molecule has 0 saturated carbocycles. The number of hydrogen-bond donors (Lipinski definition) is 3. The Bertz CT molecular complexity index is 547. The van der Waals surface area contributed by atoms with E-state index in [1.54, 1.807) is 18.3 Å². The maximum atomic E-state index is 12.2. The first kappa shape index (κ1) is 19.0. The zero-order valence-electron chi connectivity index (χ0n) is 13.0. The van der Waals surface area contributed by atoms with Gasteiger partial charge in [-0.15, -0.1) is 0 Å². The van der Waals surface area contributed by atoms with Gasteiger partial charge in [-0.05, 0) is 31.0 Å². The Hall–Kier alpha value is -2.09.